The summed E-state index contributed by atoms with van der Waals surface area (Å²) in [5, 5.41) is 2.76. The number of methoxy groups -OCH3 is 1. The molecule has 0 unspecified atom stereocenters. The van der Waals surface area contributed by atoms with Gasteiger partial charge in [0, 0.05) is 6.54 Å². The molecule has 70 valence electrons. The third-order valence-electron chi connectivity index (χ3n) is 2.53. The van der Waals surface area contributed by atoms with Crippen LogP contribution in [0.25, 0.3) is 0 Å². The molecule has 0 atom stereocenters. The number of ether oxygens (including phenoxy) is 1. The maximum Gasteiger partial charge on any atom is 0.406 e. The van der Waals surface area contributed by atoms with Crippen LogP contribution in [-0.2, 0) is 4.74 Å². The number of hydrogen-bond donors (Lipinski definition) is 1. The number of rotatable bonds is 4. The highest BCUT2D eigenvalue weighted by molar-refractivity contribution is 5.66. The maximum absolute atomic E-state index is 10.8. The van der Waals surface area contributed by atoms with Gasteiger partial charge < -0.3 is 10.1 Å². The van der Waals surface area contributed by atoms with Crippen LogP contribution in [0.4, 0.5) is 4.79 Å². The Morgan fingerprint density at radius 2 is 2.25 bits per heavy atom. The Bertz CT molecular complexity index is 164. The van der Waals surface area contributed by atoms with Crippen LogP contribution in [-0.4, -0.2) is 19.7 Å². The van der Waals surface area contributed by atoms with Crippen LogP contribution in [0.3, 0.4) is 0 Å². The first kappa shape index (κ1) is 9.36. The number of nitrogens with one attached hydrogen (secondary N) is 1. The van der Waals surface area contributed by atoms with Gasteiger partial charge in [-0.05, 0) is 24.7 Å². The van der Waals surface area contributed by atoms with Gasteiger partial charge in [0.25, 0.3) is 0 Å². The average Bonchev–Trinajstić information content (AvgIpc) is 2.82. The van der Waals surface area contributed by atoms with E-state index in [0.29, 0.717) is 5.41 Å². The number of amides is 1. The van der Waals surface area contributed by atoms with Crippen molar-refractivity contribution < 1.29 is 9.53 Å². The minimum Gasteiger partial charge on any atom is -0.453 e. The lowest BCUT2D eigenvalue weighted by molar-refractivity contribution is 0.168. The highest BCUT2D eigenvalue weighted by atomic mass is 16.5. The molecule has 1 rings (SSSR count). The molecular weight excluding hydrogens is 154 g/mol. The zero-order chi connectivity index (χ0) is 9.03. The second-order valence-corrected chi connectivity index (χ2v) is 3.60. The maximum atomic E-state index is 10.8. The predicted molar refractivity (Wildman–Crippen MR) is 47.0 cm³/mol. The quantitative estimate of drug-likeness (QED) is 0.701. The van der Waals surface area contributed by atoms with E-state index in [4.69, 9.17) is 0 Å². The van der Waals surface area contributed by atoms with Gasteiger partial charge in [0.05, 0.1) is 7.11 Å². The van der Waals surface area contributed by atoms with Gasteiger partial charge in [-0.25, -0.2) is 4.79 Å². The molecule has 1 N–H and O–H groups in total. The van der Waals surface area contributed by atoms with Crippen LogP contribution in [0.5, 0.6) is 0 Å². The van der Waals surface area contributed by atoms with E-state index in [9.17, 15) is 4.79 Å². The second-order valence-electron chi connectivity index (χ2n) is 3.60. The molecule has 1 aliphatic rings. The van der Waals surface area contributed by atoms with Crippen molar-refractivity contribution in [1.82, 2.24) is 5.32 Å². The smallest absolute Gasteiger partial charge is 0.406 e. The lowest BCUT2D eigenvalue weighted by Gasteiger charge is -2.13. The predicted octanol–water partition coefficient (Wildman–Crippen LogP) is 1.92. The van der Waals surface area contributed by atoms with Gasteiger partial charge in [0.2, 0.25) is 0 Å². The van der Waals surface area contributed by atoms with Crippen LogP contribution in [0.2, 0.25) is 0 Å². The van der Waals surface area contributed by atoms with E-state index in [2.05, 4.69) is 17.0 Å². The second kappa shape index (κ2) is 3.78. The largest absolute Gasteiger partial charge is 0.453 e. The molecule has 1 amide bonds. The van der Waals surface area contributed by atoms with E-state index in [-0.39, 0.29) is 6.09 Å². The summed E-state index contributed by atoms with van der Waals surface area (Å²) >= 11 is 0. The molecule has 3 heteroatoms. The fraction of sp³-hybridized carbons (Fsp3) is 0.889. The summed E-state index contributed by atoms with van der Waals surface area (Å²) in [5.41, 5.74) is 0.420. The molecule has 0 saturated heterocycles. The third kappa shape index (κ3) is 2.40. The first-order chi connectivity index (χ1) is 5.72. The van der Waals surface area contributed by atoms with Gasteiger partial charge in [0.15, 0.2) is 0 Å². The minimum absolute atomic E-state index is 0.308. The normalized spacial score (nSPS) is 18.5. The van der Waals surface area contributed by atoms with Gasteiger partial charge in [0.1, 0.15) is 0 Å². The van der Waals surface area contributed by atoms with E-state index in [1.165, 1.54) is 32.8 Å². The molecule has 12 heavy (non-hydrogen) atoms. The zero-order valence-electron chi connectivity index (χ0n) is 7.85. The first-order valence-electron chi connectivity index (χ1n) is 4.54. The lowest BCUT2D eigenvalue weighted by atomic mass is 10.0. The summed E-state index contributed by atoms with van der Waals surface area (Å²) in [6, 6.07) is 0. The van der Waals surface area contributed by atoms with E-state index in [1.54, 1.807) is 0 Å². The molecule has 1 fully saturated rings. The van der Waals surface area contributed by atoms with Crippen molar-refractivity contribution in [2.45, 2.75) is 32.6 Å². The van der Waals surface area contributed by atoms with Crippen LogP contribution in [0.15, 0.2) is 0 Å². The molecule has 0 radical (unpaired) electrons. The Labute approximate surface area is 73.5 Å². The average molecular weight is 171 g/mol. The molecule has 0 aromatic heterocycles. The van der Waals surface area contributed by atoms with E-state index in [1.807, 2.05) is 0 Å². The van der Waals surface area contributed by atoms with Crippen LogP contribution in [0.1, 0.15) is 32.6 Å². The highest BCUT2D eigenvalue weighted by Crippen LogP contribution is 2.48. The lowest BCUT2D eigenvalue weighted by Crippen LogP contribution is -2.29. The van der Waals surface area contributed by atoms with Crippen LogP contribution in [0, 0.1) is 5.41 Å². The SMILES string of the molecule is CCCC1(CNC(=O)OC)CC1. The monoisotopic (exact) mass is 171 g/mol. The summed E-state index contributed by atoms with van der Waals surface area (Å²) in [6.07, 6.45) is 4.62. The van der Waals surface area contributed by atoms with Gasteiger partial charge in [-0.2, -0.15) is 0 Å². The van der Waals surface area contributed by atoms with E-state index >= 15 is 0 Å². The number of hydrogen-bond acceptors (Lipinski definition) is 2. The van der Waals surface area contributed by atoms with Crippen molar-refractivity contribution in [2.24, 2.45) is 5.41 Å². The Morgan fingerprint density at radius 1 is 1.58 bits per heavy atom. The van der Waals surface area contributed by atoms with Gasteiger partial charge >= 0.3 is 6.09 Å². The van der Waals surface area contributed by atoms with Crippen molar-refractivity contribution in [3.8, 4) is 0 Å². The molecule has 0 heterocycles. The standard InChI is InChI=1S/C9H17NO2/c1-3-4-9(5-6-9)7-10-8(11)12-2/h3-7H2,1-2H3,(H,10,11). The molecule has 0 aromatic carbocycles. The van der Waals surface area contributed by atoms with Crippen molar-refractivity contribution in [2.75, 3.05) is 13.7 Å². The third-order valence-corrected chi connectivity index (χ3v) is 2.53. The summed E-state index contributed by atoms with van der Waals surface area (Å²) in [4.78, 5) is 10.8. The fourth-order valence-electron chi connectivity index (χ4n) is 1.55. The summed E-state index contributed by atoms with van der Waals surface area (Å²) in [6.45, 7) is 2.96. The molecule has 0 aromatic rings. The van der Waals surface area contributed by atoms with Crippen molar-refractivity contribution in [3.05, 3.63) is 0 Å². The van der Waals surface area contributed by atoms with Crippen molar-refractivity contribution >= 4 is 6.09 Å². The van der Waals surface area contributed by atoms with Gasteiger partial charge in [-0.1, -0.05) is 13.3 Å². The van der Waals surface area contributed by atoms with E-state index < -0.39 is 0 Å². The number of alkyl carbamates (subject to hydrolysis) is 1. The molecule has 3 nitrogen and oxygen atoms in total. The van der Waals surface area contributed by atoms with Crippen LogP contribution >= 0.6 is 0 Å². The van der Waals surface area contributed by atoms with Crippen LogP contribution < -0.4 is 5.32 Å². The highest BCUT2D eigenvalue weighted by Gasteiger charge is 2.41. The molecule has 1 aliphatic carbocycles. The Morgan fingerprint density at radius 3 is 2.67 bits per heavy atom. The summed E-state index contributed by atoms with van der Waals surface area (Å²) in [7, 11) is 1.40. The Kier molecular flexibility index (Phi) is 2.95. The first-order valence-corrected chi connectivity index (χ1v) is 4.54. The fourth-order valence-corrected chi connectivity index (χ4v) is 1.55. The Balaban J connectivity index is 2.17. The van der Waals surface area contributed by atoms with Gasteiger partial charge in [-0.3, -0.25) is 0 Å². The number of carbonyl (C=O) groups is 1. The molecule has 0 aliphatic heterocycles. The molecule has 1 saturated carbocycles. The number of carbonyl (C=O) groups excluding carboxylic acids is 1. The van der Waals surface area contributed by atoms with Crippen molar-refractivity contribution in [3.63, 3.8) is 0 Å². The minimum atomic E-state index is -0.308. The summed E-state index contributed by atoms with van der Waals surface area (Å²) in [5.74, 6) is 0. The Hall–Kier alpha value is -0.730. The topological polar surface area (TPSA) is 38.3 Å². The zero-order valence-corrected chi connectivity index (χ0v) is 7.85. The summed E-state index contributed by atoms with van der Waals surface area (Å²) < 4.78 is 4.50. The molecular formula is C9H17NO2. The van der Waals surface area contributed by atoms with Crippen molar-refractivity contribution in [1.29, 1.82) is 0 Å². The van der Waals surface area contributed by atoms with Gasteiger partial charge in [-0.15, -0.1) is 0 Å². The molecule has 0 spiro atoms. The molecule has 0 bridgehead atoms. The van der Waals surface area contributed by atoms with E-state index in [0.717, 1.165) is 6.54 Å².